The van der Waals surface area contributed by atoms with Crippen LogP contribution in [0.3, 0.4) is 0 Å². The van der Waals surface area contributed by atoms with Crippen molar-refractivity contribution >= 4 is 17.5 Å². The lowest BCUT2D eigenvalue weighted by atomic mass is 10.2. The van der Waals surface area contributed by atoms with Crippen LogP contribution in [0.15, 0.2) is 48.5 Å². The normalized spacial score (nSPS) is 12.1. The lowest BCUT2D eigenvalue weighted by Crippen LogP contribution is -2.05. The minimum Gasteiger partial charge on any atom is -0.454 e. The third-order valence-electron chi connectivity index (χ3n) is 4.04. The zero-order valence-electron chi connectivity index (χ0n) is 14.7. The summed E-state index contributed by atoms with van der Waals surface area (Å²) in [7, 11) is 0. The fraction of sp³-hybridized carbons (Fsp3) is 0.200. The first-order valence-corrected chi connectivity index (χ1v) is 8.47. The molecule has 0 spiro atoms. The number of nitrogens with one attached hydrogen (secondary N) is 2. The number of anilines is 3. The molecule has 6 heteroatoms. The summed E-state index contributed by atoms with van der Waals surface area (Å²) in [5.41, 5.74) is 4.14. The van der Waals surface area contributed by atoms with Crippen LogP contribution in [0.25, 0.3) is 0 Å². The van der Waals surface area contributed by atoms with Gasteiger partial charge >= 0.3 is 0 Å². The molecule has 1 aliphatic heterocycles. The summed E-state index contributed by atoms with van der Waals surface area (Å²) in [4.78, 5) is 9.02. The molecule has 4 rings (SSSR count). The van der Waals surface area contributed by atoms with E-state index in [4.69, 9.17) is 9.47 Å². The third-order valence-corrected chi connectivity index (χ3v) is 4.04. The maximum Gasteiger partial charge on any atom is 0.231 e. The first-order chi connectivity index (χ1) is 12.7. The SMILES string of the molecule is Cc1cccc(Nc2nc(C)cc(NCc3ccc4c(c3)OCO4)n2)c1. The number of aryl methyl sites for hydroxylation is 2. The van der Waals surface area contributed by atoms with Gasteiger partial charge in [-0.05, 0) is 49.2 Å². The molecule has 2 heterocycles. The topological polar surface area (TPSA) is 68.3 Å². The highest BCUT2D eigenvalue weighted by Crippen LogP contribution is 2.32. The predicted molar refractivity (Wildman–Crippen MR) is 101 cm³/mol. The average Bonchev–Trinajstić information content (AvgIpc) is 3.07. The third kappa shape index (κ3) is 3.69. The van der Waals surface area contributed by atoms with Gasteiger partial charge in [-0.25, -0.2) is 4.98 Å². The van der Waals surface area contributed by atoms with E-state index in [9.17, 15) is 0 Å². The Balaban J connectivity index is 1.47. The molecule has 0 atom stereocenters. The van der Waals surface area contributed by atoms with E-state index in [1.54, 1.807) is 0 Å². The van der Waals surface area contributed by atoms with Gasteiger partial charge in [-0.1, -0.05) is 18.2 Å². The van der Waals surface area contributed by atoms with Gasteiger partial charge in [-0.3, -0.25) is 0 Å². The van der Waals surface area contributed by atoms with Gasteiger partial charge in [0.05, 0.1) is 0 Å². The van der Waals surface area contributed by atoms with Gasteiger partial charge in [-0.2, -0.15) is 4.98 Å². The molecule has 0 saturated heterocycles. The molecule has 26 heavy (non-hydrogen) atoms. The maximum atomic E-state index is 5.42. The molecule has 0 amide bonds. The van der Waals surface area contributed by atoms with Crippen molar-refractivity contribution in [1.29, 1.82) is 0 Å². The van der Waals surface area contributed by atoms with Crippen LogP contribution in [0.4, 0.5) is 17.5 Å². The molecule has 2 N–H and O–H groups in total. The van der Waals surface area contributed by atoms with Crippen molar-refractivity contribution in [2.24, 2.45) is 0 Å². The summed E-state index contributed by atoms with van der Waals surface area (Å²) < 4.78 is 10.8. The molecule has 6 nitrogen and oxygen atoms in total. The van der Waals surface area contributed by atoms with Gasteiger partial charge in [-0.15, -0.1) is 0 Å². The van der Waals surface area contributed by atoms with Crippen molar-refractivity contribution in [1.82, 2.24) is 9.97 Å². The van der Waals surface area contributed by atoms with Crippen LogP contribution >= 0.6 is 0 Å². The van der Waals surface area contributed by atoms with Crippen LogP contribution in [0, 0.1) is 13.8 Å². The predicted octanol–water partition coefficient (Wildman–Crippen LogP) is 4.18. The van der Waals surface area contributed by atoms with Crippen molar-refractivity contribution in [2.75, 3.05) is 17.4 Å². The molecule has 2 aromatic carbocycles. The van der Waals surface area contributed by atoms with E-state index in [0.29, 0.717) is 12.5 Å². The summed E-state index contributed by atoms with van der Waals surface area (Å²) >= 11 is 0. The maximum absolute atomic E-state index is 5.42. The minimum atomic E-state index is 0.283. The molecule has 1 aromatic heterocycles. The highest BCUT2D eigenvalue weighted by molar-refractivity contribution is 5.56. The zero-order chi connectivity index (χ0) is 17.9. The second-order valence-corrected chi connectivity index (χ2v) is 6.25. The summed E-state index contributed by atoms with van der Waals surface area (Å²) in [5, 5.41) is 6.60. The number of hydrogen-bond donors (Lipinski definition) is 2. The number of ether oxygens (including phenoxy) is 2. The van der Waals surface area contributed by atoms with Crippen LogP contribution in [-0.4, -0.2) is 16.8 Å². The van der Waals surface area contributed by atoms with Crippen molar-refractivity contribution in [2.45, 2.75) is 20.4 Å². The number of hydrogen-bond acceptors (Lipinski definition) is 6. The average molecular weight is 348 g/mol. The van der Waals surface area contributed by atoms with Crippen LogP contribution in [0.1, 0.15) is 16.8 Å². The van der Waals surface area contributed by atoms with Gasteiger partial charge < -0.3 is 20.1 Å². The molecule has 0 unspecified atom stereocenters. The Hall–Kier alpha value is -3.28. The highest BCUT2D eigenvalue weighted by Gasteiger charge is 2.13. The number of rotatable bonds is 5. The Morgan fingerprint density at radius 1 is 0.962 bits per heavy atom. The van der Waals surface area contributed by atoms with Gasteiger partial charge in [0.25, 0.3) is 0 Å². The minimum absolute atomic E-state index is 0.283. The van der Waals surface area contributed by atoms with Crippen LogP contribution in [-0.2, 0) is 6.54 Å². The fourth-order valence-corrected chi connectivity index (χ4v) is 2.81. The smallest absolute Gasteiger partial charge is 0.231 e. The summed E-state index contributed by atoms with van der Waals surface area (Å²) in [6.45, 7) is 4.93. The van der Waals surface area contributed by atoms with Gasteiger partial charge in [0.1, 0.15) is 5.82 Å². The van der Waals surface area contributed by atoms with Crippen LogP contribution < -0.4 is 20.1 Å². The monoisotopic (exact) mass is 348 g/mol. The van der Waals surface area contributed by atoms with E-state index >= 15 is 0 Å². The molecule has 1 aliphatic rings. The standard InChI is InChI=1S/C20H20N4O2/c1-13-4-3-5-16(8-13)23-20-22-14(2)9-19(24-20)21-11-15-6-7-17-18(10-15)26-12-25-17/h3-10H,11-12H2,1-2H3,(H2,21,22,23,24). The Morgan fingerprint density at radius 3 is 2.73 bits per heavy atom. The van der Waals surface area contributed by atoms with E-state index in [1.165, 1.54) is 5.56 Å². The van der Waals surface area contributed by atoms with Crippen molar-refractivity contribution in [3.63, 3.8) is 0 Å². The number of nitrogens with zero attached hydrogens (tertiary/aromatic N) is 2. The quantitative estimate of drug-likeness (QED) is 0.721. The van der Waals surface area contributed by atoms with E-state index in [0.717, 1.165) is 34.3 Å². The largest absolute Gasteiger partial charge is 0.454 e. The zero-order valence-corrected chi connectivity index (χ0v) is 14.7. The van der Waals surface area contributed by atoms with Crippen molar-refractivity contribution in [3.05, 3.63) is 65.4 Å². The van der Waals surface area contributed by atoms with E-state index in [-0.39, 0.29) is 6.79 Å². The lowest BCUT2D eigenvalue weighted by molar-refractivity contribution is 0.174. The Kier molecular flexibility index (Phi) is 4.31. The highest BCUT2D eigenvalue weighted by atomic mass is 16.7. The number of fused-ring (bicyclic) bond motifs is 1. The van der Waals surface area contributed by atoms with Gasteiger partial charge in [0.2, 0.25) is 12.7 Å². The van der Waals surface area contributed by atoms with E-state index in [2.05, 4.69) is 39.7 Å². The second kappa shape index (κ2) is 6.92. The van der Waals surface area contributed by atoms with Gasteiger partial charge in [0, 0.05) is 24.0 Å². The van der Waals surface area contributed by atoms with Crippen LogP contribution in [0.2, 0.25) is 0 Å². The Labute approximate surface area is 152 Å². The molecule has 0 bridgehead atoms. The molecule has 0 aliphatic carbocycles. The van der Waals surface area contributed by atoms with Gasteiger partial charge in [0.15, 0.2) is 11.5 Å². The molecule has 0 saturated carbocycles. The van der Waals surface area contributed by atoms with Crippen LogP contribution in [0.5, 0.6) is 11.5 Å². The Bertz CT molecular complexity index is 943. The summed E-state index contributed by atoms with van der Waals surface area (Å²) in [6, 6.07) is 16.0. The van der Waals surface area contributed by atoms with E-state index < -0.39 is 0 Å². The first-order valence-electron chi connectivity index (χ1n) is 8.47. The van der Waals surface area contributed by atoms with Crippen molar-refractivity contribution in [3.8, 4) is 11.5 Å². The molecule has 132 valence electrons. The van der Waals surface area contributed by atoms with E-state index in [1.807, 2.05) is 43.3 Å². The molecule has 0 fully saturated rings. The first kappa shape index (κ1) is 16.2. The fourth-order valence-electron chi connectivity index (χ4n) is 2.81. The number of aromatic nitrogens is 2. The summed E-state index contributed by atoms with van der Waals surface area (Å²) in [5.74, 6) is 2.91. The second-order valence-electron chi connectivity index (χ2n) is 6.25. The molecule has 0 radical (unpaired) electrons. The molecular weight excluding hydrogens is 328 g/mol. The lowest BCUT2D eigenvalue weighted by Gasteiger charge is -2.11. The van der Waals surface area contributed by atoms with Crippen molar-refractivity contribution < 1.29 is 9.47 Å². The molecular formula is C20H20N4O2. The number of benzene rings is 2. The summed E-state index contributed by atoms with van der Waals surface area (Å²) in [6.07, 6.45) is 0. The molecule has 3 aromatic rings. The Morgan fingerprint density at radius 2 is 1.85 bits per heavy atom.